The van der Waals surface area contributed by atoms with Crippen LogP contribution in [0, 0.1) is 16.7 Å². The molecule has 0 spiro atoms. The highest BCUT2D eigenvalue weighted by Gasteiger charge is 2.17. The van der Waals surface area contributed by atoms with Gasteiger partial charge in [-0.3, -0.25) is 0 Å². The molecule has 0 aliphatic heterocycles. The highest BCUT2D eigenvalue weighted by Crippen LogP contribution is 2.28. The van der Waals surface area contributed by atoms with Crippen LogP contribution in [0.2, 0.25) is 0 Å². The van der Waals surface area contributed by atoms with E-state index in [4.69, 9.17) is 11.0 Å². The molecule has 70 valence electrons. The Bertz CT molecular complexity index is 154. The number of nitriles is 1. The summed E-state index contributed by atoms with van der Waals surface area (Å²) in [5.41, 5.74) is 5.94. The fourth-order valence-electron chi connectivity index (χ4n) is 1.14. The molecule has 2 heteroatoms. The molecule has 0 amide bonds. The van der Waals surface area contributed by atoms with Gasteiger partial charge in [0.1, 0.15) is 0 Å². The predicted molar refractivity (Wildman–Crippen MR) is 51.5 cm³/mol. The summed E-state index contributed by atoms with van der Waals surface area (Å²) >= 11 is 0. The van der Waals surface area contributed by atoms with Crippen molar-refractivity contribution in [2.75, 3.05) is 0 Å². The van der Waals surface area contributed by atoms with Crippen molar-refractivity contribution in [3.05, 3.63) is 0 Å². The summed E-state index contributed by atoms with van der Waals surface area (Å²) in [6.07, 6.45) is 3.81. The third-order valence-corrected chi connectivity index (χ3v) is 2.19. The predicted octanol–water partition coefficient (Wildman–Crippen LogP) is 2.44. The minimum absolute atomic E-state index is 0.281. The van der Waals surface area contributed by atoms with E-state index in [9.17, 15) is 0 Å². The van der Waals surface area contributed by atoms with Crippen LogP contribution in [0.15, 0.2) is 0 Å². The van der Waals surface area contributed by atoms with E-state index in [2.05, 4.69) is 19.9 Å². The van der Waals surface area contributed by atoms with Crippen molar-refractivity contribution < 1.29 is 0 Å². The van der Waals surface area contributed by atoms with Gasteiger partial charge in [-0.25, -0.2) is 0 Å². The molecule has 0 aliphatic carbocycles. The van der Waals surface area contributed by atoms with Gasteiger partial charge in [0.05, 0.1) is 6.07 Å². The van der Waals surface area contributed by atoms with Crippen LogP contribution in [0.25, 0.3) is 0 Å². The van der Waals surface area contributed by atoms with E-state index in [0.29, 0.717) is 6.42 Å². The zero-order chi connectivity index (χ0) is 9.61. The molecule has 1 atom stereocenters. The summed E-state index contributed by atoms with van der Waals surface area (Å²) in [7, 11) is 0. The second-order valence-electron chi connectivity index (χ2n) is 4.34. The number of hydrogen-bond donors (Lipinski definition) is 1. The first kappa shape index (κ1) is 11.4. The average molecular weight is 168 g/mol. The smallest absolute Gasteiger partial charge is 0.0621 e. The van der Waals surface area contributed by atoms with Gasteiger partial charge in [-0.05, 0) is 31.6 Å². The van der Waals surface area contributed by atoms with Gasteiger partial charge in [0.25, 0.3) is 0 Å². The summed E-state index contributed by atoms with van der Waals surface area (Å²) in [5, 5.41) is 8.43. The molecule has 1 unspecified atom stereocenters. The summed E-state index contributed by atoms with van der Waals surface area (Å²) < 4.78 is 0. The zero-order valence-corrected chi connectivity index (χ0v) is 8.43. The van der Waals surface area contributed by atoms with Crippen LogP contribution in [0.1, 0.15) is 46.5 Å². The standard InChI is InChI=1S/C10H20N2/c1-9(12)5-7-10(2,3)6-4-8-11/h9H,4-7,12H2,1-3H3. The second kappa shape index (κ2) is 5.16. The van der Waals surface area contributed by atoms with E-state index in [1.54, 1.807) is 0 Å². The minimum Gasteiger partial charge on any atom is -0.328 e. The number of hydrogen-bond acceptors (Lipinski definition) is 2. The Morgan fingerprint density at radius 1 is 1.42 bits per heavy atom. The average Bonchev–Trinajstić information content (AvgIpc) is 1.98. The van der Waals surface area contributed by atoms with Crippen LogP contribution in [-0.4, -0.2) is 6.04 Å². The Hall–Kier alpha value is -0.550. The van der Waals surface area contributed by atoms with E-state index in [-0.39, 0.29) is 11.5 Å². The molecule has 0 rings (SSSR count). The molecule has 0 heterocycles. The van der Waals surface area contributed by atoms with Crippen molar-refractivity contribution in [2.24, 2.45) is 11.1 Å². The molecule has 0 fully saturated rings. The fraction of sp³-hybridized carbons (Fsp3) is 0.900. The van der Waals surface area contributed by atoms with Crippen LogP contribution < -0.4 is 5.73 Å². The summed E-state index contributed by atoms with van der Waals surface area (Å²) in [6.45, 7) is 6.43. The first-order valence-electron chi connectivity index (χ1n) is 4.60. The lowest BCUT2D eigenvalue weighted by molar-refractivity contribution is 0.294. The van der Waals surface area contributed by atoms with Gasteiger partial charge in [-0.1, -0.05) is 13.8 Å². The largest absolute Gasteiger partial charge is 0.328 e. The van der Waals surface area contributed by atoms with Crippen LogP contribution in [0.5, 0.6) is 0 Å². The van der Waals surface area contributed by atoms with Crippen LogP contribution in [0.4, 0.5) is 0 Å². The van der Waals surface area contributed by atoms with Crippen LogP contribution in [-0.2, 0) is 0 Å². The van der Waals surface area contributed by atoms with Crippen molar-refractivity contribution >= 4 is 0 Å². The van der Waals surface area contributed by atoms with Gasteiger partial charge in [-0.15, -0.1) is 0 Å². The topological polar surface area (TPSA) is 49.8 Å². The molecular formula is C10H20N2. The van der Waals surface area contributed by atoms with Crippen molar-refractivity contribution in [2.45, 2.75) is 52.5 Å². The van der Waals surface area contributed by atoms with E-state index in [1.807, 2.05) is 6.92 Å². The Balaban J connectivity index is 3.65. The van der Waals surface area contributed by atoms with Crippen molar-refractivity contribution in [1.82, 2.24) is 0 Å². The number of rotatable bonds is 5. The first-order chi connectivity index (χ1) is 5.48. The third kappa shape index (κ3) is 6.18. The Kier molecular flexibility index (Phi) is 4.92. The maximum absolute atomic E-state index is 8.43. The molecule has 2 N–H and O–H groups in total. The molecule has 0 saturated heterocycles. The van der Waals surface area contributed by atoms with Gasteiger partial charge in [0, 0.05) is 12.5 Å². The lowest BCUT2D eigenvalue weighted by atomic mass is 9.82. The molecule has 2 nitrogen and oxygen atoms in total. The minimum atomic E-state index is 0.281. The maximum atomic E-state index is 8.43. The van der Waals surface area contributed by atoms with Gasteiger partial charge >= 0.3 is 0 Å². The van der Waals surface area contributed by atoms with Gasteiger partial charge in [0.15, 0.2) is 0 Å². The quantitative estimate of drug-likeness (QED) is 0.685. The molecule has 0 radical (unpaired) electrons. The van der Waals surface area contributed by atoms with Gasteiger partial charge in [-0.2, -0.15) is 5.26 Å². The summed E-state index contributed by atoms with van der Waals surface area (Å²) in [5.74, 6) is 0. The monoisotopic (exact) mass is 168 g/mol. The van der Waals surface area contributed by atoms with Gasteiger partial charge in [0.2, 0.25) is 0 Å². The highest BCUT2D eigenvalue weighted by molar-refractivity contribution is 4.77. The molecule has 0 aromatic heterocycles. The summed E-state index contributed by atoms with van der Waals surface area (Å²) in [4.78, 5) is 0. The van der Waals surface area contributed by atoms with Crippen LogP contribution in [0.3, 0.4) is 0 Å². The molecule has 0 aromatic rings. The number of nitrogens with two attached hydrogens (primary N) is 1. The molecule has 0 aromatic carbocycles. The second-order valence-corrected chi connectivity index (χ2v) is 4.34. The van der Waals surface area contributed by atoms with Crippen molar-refractivity contribution in [3.63, 3.8) is 0 Å². The molecule has 0 aliphatic rings. The van der Waals surface area contributed by atoms with Crippen molar-refractivity contribution in [3.8, 4) is 6.07 Å². The lowest BCUT2D eigenvalue weighted by Gasteiger charge is -2.24. The Morgan fingerprint density at radius 3 is 2.42 bits per heavy atom. The van der Waals surface area contributed by atoms with E-state index < -0.39 is 0 Å². The normalized spacial score (nSPS) is 13.9. The van der Waals surface area contributed by atoms with Crippen LogP contribution >= 0.6 is 0 Å². The Labute approximate surface area is 75.8 Å². The molecule has 0 saturated carbocycles. The maximum Gasteiger partial charge on any atom is 0.0621 e. The fourth-order valence-corrected chi connectivity index (χ4v) is 1.14. The van der Waals surface area contributed by atoms with Gasteiger partial charge < -0.3 is 5.73 Å². The van der Waals surface area contributed by atoms with E-state index in [1.165, 1.54) is 0 Å². The third-order valence-electron chi connectivity index (χ3n) is 2.19. The summed E-state index contributed by atoms with van der Waals surface area (Å²) in [6, 6.07) is 2.46. The molecule has 0 bridgehead atoms. The number of nitrogens with zero attached hydrogens (tertiary/aromatic N) is 1. The lowest BCUT2D eigenvalue weighted by Crippen LogP contribution is -2.19. The highest BCUT2D eigenvalue weighted by atomic mass is 14.6. The van der Waals surface area contributed by atoms with E-state index >= 15 is 0 Å². The van der Waals surface area contributed by atoms with Crippen molar-refractivity contribution in [1.29, 1.82) is 5.26 Å². The SMILES string of the molecule is CC(N)CCC(C)(C)CCC#N. The molecular weight excluding hydrogens is 148 g/mol. The first-order valence-corrected chi connectivity index (χ1v) is 4.60. The zero-order valence-electron chi connectivity index (χ0n) is 8.43. The van der Waals surface area contributed by atoms with E-state index in [0.717, 1.165) is 19.3 Å². The molecule has 12 heavy (non-hydrogen) atoms. The Morgan fingerprint density at radius 2 is 2.00 bits per heavy atom.